The van der Waals surface area contributed by atoms with Crippen molar-refractivity contribution < 1.29 is 0 Å². The van der Waals surface area contributed by atoms with Gasteiger partial charge in [-0.2, -0.15) is 0 Å². The summed E-state index contributed by atoms with van der Waals surface area (Å²) in [4.78, 5) is 9.99. The van der Waals surface area contributed by atoms with Gasteiger partial charge in [-0.3, -0.25) is 9.88 Å². The van der Waals surface area contributed by atoms with Crippen LogP contribution in [0.2, 0.25) is 0 Å². The van der Waals surface area contributed by atoms with Gasteiger partial charge in [0, 0.05) is 49.5 Å². The number of rotatable bonds is 4. The van der Waals surface area contributed by atoms with E-state index in [4.69, 9.17) is 4.98 Å². The van der Waals surface area contributed by atoms with Gasteiger partial charge in [0.2, 0.25) is 0 Å². The summed E-state index contributed by atoms with van der Waals surface area (Å²) in [6.45, 7) is 8.20. The first-order valence-corrected chi connectivity index (χ1v) is 8.69. The maximum atomic E-state index is 4.77. The number of aryl methyl sites for hydroxylation is 1. The first-order valence-electron chi connectivity index (χ1n) is 8.69. The Morgan fingerprint density at radius 3 is 2.59 bits per heavy atom. The van der Waals surface area contributed by atoms with E-state index >= 15 is 0 Å². The molecular weight excluding hydrogens is 270 g/mol. The van der Waals surface area contributed by atoms with Gasteiger partial charge in [-0.25, -0.2) is 0 Å². The van der Waals surface area contributed by atoms with Gasteiger partial charge in [-0.05, 0) is 37.3 Å². The number of pyridine rings is 1. The summed E-state index contributed by atoms with van der Waals surface area (Å²) in [5.74, 6) is 1.000. The van der Waals surface area contributed by atoms with E-state index in [1.807, 2.05) is 0 Å². The molecule has 1 saturated carbocycles. The molecule has 2 aromatic rings. The lowest BCUT2D eigenvalue weighted by Gasteiger charge is -2.36. The molecule has 2 heterocycles. The summed E-state index contributed by atoms with van der Waals surface area (Å²) >= 11 is 0. The van der Waals surface area contributed by atoms with Crippen LogP contribution < -0.4 is 4.90 Å². The maximum absolute atomic E-state index is 4.77. The Hall–Kier alpha value is -1.61. The fourth-order valence-corrected chi connectivity index (χ4v) is 3.49. The van der Waals surface area contributed by atoms with Gasteiger partial charge in [0.15, 0.2) is 0 Å². The average molecular weight is 295 g/mol. The van der Waals surface area contributed by atoms with E-state index in [0.29, 0.717) is 0 Å². The minimum Gasteiger partial charge on any atom is -0.368 e. The van der Waals surface area contributed by atoms with Crippen molar-refractivity contribution in [2.24, 2.45) is 5.92 Å². The third kappa shape index (κ3) is 2.82. The molecule has 3 nitrogen and oxygen atoms in total. The molecule has 0 bridgehead atoms. The van der Waals surface area contributed by atoms with Crippen molar-refractivity contribution in [3.8, 4) is 0 Å². The van der Waals surface area contributed by atoms with Gasteiger partial charge < -0.3 is 4.90 Å². The fraction of sp³-hybridized carbons (Fsp3) is 0.526. The van der Waals surface area contributed by atoms with E-state index in [2.05, 4.69) is 47.1 Å². The Balaban J connectivity index is 1.57. The van der Waals surface area contributed by atoms with Gasteiger partial charge in [-0.15, -0.1) is 0 Å². The quantitative estimate of drug-likeness (QED) is 0.862. The van der Waals surface area contributed by atoms with Crippen LogP contribution in [0.1, 0.15) is 25.5 Å². The van der Waals surface area contributed by atoms with Crippen LogP contribution in [-0.2, 0) is 6.42 Å². The van der Waals surface area contributed by atoms with Gasteiger partial charge in [0.05, 0.1) is 5.52 Å². The molecule has 0 N–H and O–H groups in total. The Bertz CT molecular complexity index is 655. The van der Waals surface area contributed by atoms with E-state index in [9.17, 15) is 0 Å². The zero-order chi connectivity index (χ0) is 14.9. The summed E-state index contributed by atoms with van der Waals surface area (Å²) in [6, 6.07) is 10.9. The molecule has 0 amide bonds. The average Bonchev–Trinajstić information content (AvgIpc) is 3.38. The monoisotopic (exact) mass is 295 g/mol. The molecule has 4 rings (SSSR count). The highest BCUT2D eigenvalue weighted by atomic mass is 15.3. The minimum absolute atomic E-state index is 0.999. The van der Waals surface area contributed by atoms with Crippen LogP contribution in [0.5, 0.6) is 0 Å². The normalized spacial score (nSPS) is 19.8. The second-order valence-electron chi connectivity index (χ2n) is 6.73. The predicted molar refractivity (Wildman–Crippen MR) is 92.5 cm³/mol. The lowest BCUT2D eigenvalue weighted by molar-refractivity contribution is 0.248. The minimum atomic E-state index is 0.999. The van der Waals surface area contributed by atoms with Gasteiger partial charge in [-0.1, -0.05) is 25.1 Å². The molecule has 0 unspecified atom stereocenters. The van der Waals surface area contributed by atoms with Gasteiger partial charge >= 0.3 is 0 Å². The molecule has 0 spiro atoms. The number of anilines is 1. The van der Waals surface area contributed by atoms with Crippen molar-refractivity contribution in [3.05, 3.63) is 36.0 Å². The Morgan fingerprint density at radius 2 is 1.86 bits per heavy atom. The molecule has 1 aliphatic heterocycles. The summed E-state index contributed by atoms with van der Waals surface area (Å²) in [7, 11) is 0. The number of benzene rings is 1. The van der Waals surface area contributed by atoms with Crippen LogP contribution in [-0.4, -0.2) is 42.6 Å². The number of para-hydroxylation sites is 1. The van der Waals surface area contributed by atoms with E-state index in [1.165, 1.54) is 49.2 Å². The highest BCUT2D eigenvalue weighted by molar-refractivity contribution is 5.92. The van der Waals surface area contributed by atoms with Gasteiger partial charge in [0.25, 0.3) is 0 Å². The second-order valence-corrected chi connectivity index (χ2v) is 6.73. The van der Waals surface area contributed by atoms with Crippen LogP contribution in [0.15, 0.2) is 30.3 Å². The molecule has 0 atom stereocenters. The first kappa shape index (κ1) is 14.0. The first-order chi connectivity index (χ1) is 10.8. The van der Waals surface area contributed by atoms with Crippen molar-refractivity contribution in [1.82, 2.24) is 9.88 Å². The smallest absolute Gasteiger partial charge is 0.0726 e. The molecule has 1 aromatic carbocycles. The highest BCUT2D eigenvalue weighted by Gasteiger charge is 2.26. The fourth-order valence-electron chi connectivity index (χ4n) is 3.49. The summed E-state index contributed by atoms with van der Waals surface area (Å²) in [5, 5.41) is 1.30. The SMILES string of the molecule is CCc1cc(N2CCN(CC3CC3)CC2)c2ccccc2n1. The van der Waals surface area contributed by atoms with Gasteiger partial charge in [0.1, 0.15) is 0 Å². The third-order valence-corrected chi connectivity index (χ3v) is 5.04. The summed E-state index contributed by atoms with van der Waals surface area (Å²) < 4.78 is 0. The van der Waals surface area contributed by atoms with Crippen LogP contribution in [0.25, 0.3) is 10.9 Å². The molecule has 3 heteroatoms. The standard InChI is InChI=1S/C19H25N3/c1-2-16-13-19(17-5-3-4-6-18(17)20-16)22-11-9-21(10-12-22)14-15-7-8-15/h3-6,13,15H,2,7-12,14H2,1H3. The van der Waals surface area contributed by atoms with E-state index in [1.54, 1.807) is 0 Å². The molecule has 2 aliphatic rings. The molecular formula is C19H25N3. The largest absolute Gasteiger partial charge is 0.368 e. The Morgan fingerprint density at radius 1 is 1.09 bits per heavy atom. The lowest BCUT2D eigenvalue weighted by Crippen LogP contribution is -2.47. The number of nitrogens with zero attached hydrogens (tertiary/aromatic N) is 3. The third-order valence-electron chi connectivity index (χ3n) is 5.04. The predicted octanol–water partition coefficient (Wildman–Crippen LogP) is 3.33. The Labute approximate surface area is 132 Å². The number of hydrogen-bond donors (Lipinski definition) is 0. The Kier molecular flexibility index (Phi) is 3.75. The summed E-state index contributed by atoms with van der Waals surface area (Å²) in [6.07, 6.45) is 3.91. The number of hydrogen-bond acceptors (Lipinski definition) is 3. The lowest BCUT2D eigenvalue weighted by atomic mass is 10.1. The highest BCUT2D eigenvalue weighted by Crippen LogP contribution is 2.31. The van der Waals surface area contributed by atoms with Crippen molar-refractivity contribution >= 4 is 16.6 Å². The van der Waals surface area contributed by atoms with Crippen LogP contribution in [0.3, 0.4) is 0 Å². The molecule has 1 aliphatic carbocycles. The molecule has 1 saturated heterocycles. The number of piperazine rings is 1. The molecule has 1 aromatic heterocycles. The van der Waals surface area contributed by atoms with E-state index < -0.39 is 0 Å². The second kappa shape index (κ2) is 5.88. The number of fused-ring (bicyclic) bond motifs is 1. The zero-order valence-corrected chi connectivity index (χ0v) is 13.5. The molecule has 0 radical (unpaired) electrons. The zero-order valence-electron chi connectivity index (χ0n) is 13.5. The van der Waals surface area contributed by atoms with Crippen molar-refractivity contribution in [2.75, 3.05) is 37.6 Å². The van der Waals surface area contributed by atoms with Crippen LogP contribution >= 0.6 is 0 Å². The van der Waals surface area contributed by atoms with E-state index in [-0.39, 0.29) is 0 Å². The van der Waals surface area contributed by atoms with Crippen molar-refractivity contribution in [2.45, 2.75) is 26.2 Å². The molecule has 22 heavy (non-hydrogen) atoms. The van der Waals surface area contributed by atoms with Crippen molar-refractivity contribution in [3.63, 3.8) is 0 Å². The van der Waals surface area contributed by atoms with Crippen LogP contribution in [0, 0.1) is 5.92 Å². The summed E-state index contributed by atoms with van der Waals surface area (Å²) in [5.41, 5.74) is 3.72. The van der Waals surface area contributed by atoms with Crippen LogP contribution in [0.4, 0.5) is 5.69 Å². The molecule has 2 fully saturated rings. The number of aromatic nitrogens is 1. The van der Waals surface area contributed by atoms with Crippen molar-refractivity contribution in [1.29, 1.82) is 0 Å². The molecule has 116 valence electrons. The topological polar surface area (TPSA) is 19.4 Å². The van der Waals surface area contributed by atoms with E-state index in [0.717, 1.165) is 30.9 Å². The maximum Gasteiger partial charge on any atom is 0.0726 e.